The number of fused-ring (bicyclic) bond motifs is 2. The van der Waals surface area contributed by atoms with E-state index < -0.39 is 0 Å². The summed E-state index contributed by atoms with van der Waals surface area (Å²) in [5.41, 5.74) is 0.706. The van der Waals surface area contributed by atoms with Crippen LogP contribution < -0.4 is 0 Å². The Morgan fingerprint density at radius 1 is 1.43 bits per heavy atom. The summed E-state index contributed by atoms with van der Waals surface area (Å²) in [6, 6.07) is 0. The second-order valence-corrected chi connectivity index (χ2v) is 5.44. The van der Waals surface area contributed by atoms with Gasteiger partial charge in [0.15, 0.2) is 0 Å². The molecule has 0 aromatic carbocycles. The third kappa shape index (κ3) is 2.07. The topological polar surface area (TPSA) is 0 Å². The van der Waals surface area contributed by atoms with Gasteiger partial charge in [0.2, 0.25) is 0 Å². The number of allylic oxidation sites excluding steroid dienone is 1. The predicted octanol–water partition coefficient (Wildman–Crippen LogP) is 3.84. The predicted molar refractivity (Wildman–Crippen MR) is 64.5 cm³/mol. The van der Waals surface area contributed by atoms with Crippen LogP contribution in [0.15, 0.2) is 12.7 Å². The zero-order chi connectivity index (χ0) is 10.8. The van der Waals surface area contributed by atoms with Gasteiger partial charge in [0, 0.05) is 0 Å². The Bertz CT molecular complexity index is 193. The molecule has 14 heavy (non-hydrogen) atoms. The molecule has 0 aromatic rings. The van der Waals surface area contributed by atoms with Crippen molar-refractivity contribution in [2.75, 3.05) is 0 Å². The molecule has 3 unspecified atom stereocenters. The Morgan fingerprint density at radius 2 is 2.00 bits per heavy atom. The van der Waals surface area contributed by atoms with E-state index in [0.717, 1.165) is 17.8 Å². The fourth-order valence-corrected chi connectivity index (χ4v) is 3.18. The van der Waals surface area contributed by atoms with Gasteiger partial charge in [-0.3, -0.25) is 0 Å². The average Bonchev–Trinajstić information content (AvgIpc) is 2.17. The van der Waals surface area contributed by atoms with E-state index in [1.807, 2.05) is 0 Å². The van der Waals surface area contributed by atoms with Crippen LogP contribution in [0, 0.1) is 23.2 Å². The molecule has 3 atom stereocenters. The minimum Gasteiger partial charge on any atom is -0.104 e. The summed E-state index contributed by atoms with van der Waals surface area (Å²) < 4.78 is 0. The molecule has 2 bridgehead atoms. The maximum absolute atomic E-state index is 4.91. The van der Waals surface area contributed by atoms with Crippen LogP contribution in [0.25, 0.3) is 0 Å². The zero-order valence-electron chi connectivity index (χ0n) is 9.92. The van der Waals surface area contributed by atoms with Gasteiger partial charge in [0.25, 0.3) is 0 Å². The molecule has 3 rings (SSSR count). The Hall–Kier alpha value is -0.195. The molecule has 0 heterocycles. The lowest BCUT2D eigenvalue weighted by Crippen LogP contribution is -2.51. The molecule has 3 aliphatic rings. The maximum Gasteiger partial charge on any atom is 0.0708 e. The summed E-state index contributed by atoms with van der Waals surface area (Å²) in [5.74, 6) is 3.15. The van der Waals surface area contributed by atoms with Crippen LogP contribution >= 0.6 is 0 Å². The molecule has 3 fully saturated rings. The molecule has 0 spiro atoms. The van der Waals surface area contributed by atoms with Crippen LogP contribution in [0.3, 0.4) is 0 Å². The molecule has 2 radical (unpaired) electrons. The zero-order valence-corrected chi connectivity index (χ0v) is 9.92. The third-order valence-corrected chi connectivity index (χ3v) is 4.37. The minimum atomic E-state index is 0.583. The van der Waals surface area contributed by atoms with Gasteiger partial charge < -0.3 is 0 Å². The number of hydrogen-bond acceptors (Lipinski definition) is 0. The van der Waals surface area contributed by atoms with Crippen molar-refractivity contribution in [1.82, 2.24) is 0 Å². The molecule has 0 saturated heterocycles. The molecular weight excluding hydrogens is 167 g/mol. The first-order valence-corrected chi connectivity index (χ1v) is 5.85. The van der Waals surface area contributed by atoms with Crippen LogP contribution in [0.1, 0.15) is 40.0 Å². The highest BCUT2D eigenvalue weighted by molar-refractivity contribution is 6.09. The van der Waals surface area contributed by atoms with E-state index in [-0.39, 0.29) is 0 Å². The Morgan fingerprint density at radius 3 is 2.21 bits per heavy atom. The number of rotatable bonds is 1. The molecular formula is C13H23B. The van der Waals surface area contributed by atoms with Gasteiger partial charge in [0.05, 0.1) is 7.85 Å². The van der Waals surface area contributed by atoms with E-state index in [0.29, 0.717) is 11.7 Å². The lowest BCUT2D eigenvalue weighted by Gasteiger charge is -2.59. The van der Waals surface area contributed by atoms with Crippen molar-refractivity contribution in [2.24, 2.45) is 23.2 Å². The van der Waals surface area contributed by atoms with Crippen LogP contribution in [-0.4, -0.2) is 7.85 Å². The standard InChI is InChI=1S/C10H18.C3H5B/c1-7-4-5-8-6-9(7)10(8,2)3;1-2-3-4/h7-9H,4-6H2,1-3H3;2H,1,3H2. The van der Waals surface area contributed by atoms with Crippen LogP contribution in [0.2, 0.25) is 6.32 Å². The van der Waals surface area contributed by atoms with Crippen molar-refractivity contribution in [3.05, 3.63) is 12.7 Å². The fourth-order valence-electron chi connectivity index (χ4n) is 3.18. The molecule has 0 aromatic heterocycles. The molecule has 3 saturated carbocycles. The maximum atomic E-state index is 4.91. The van der Waals surface area contributed by atoms with Crippen molar-refractivity contribution in [1.29, 1.82) is 0 Å². The highest BCUT2D eigenvalue weighted by atomic mass is 14.6. The second-order valence-electron chi connectivity index (χ2n) is 5.44. The molecule has 0 N–H and O–H groups in total. The van der Waals surface area contributed by atoms with E-state index in [4.69, 9.17) is 7.85 Å². The Balaban J connectivity index is 0.000000213. The average molecular weight is 190 g/mol. The third-order valence-electron chi connectivity index (χ3n) is 4.37. The Labute approximate surface area is 90.6 Å². The van der Waals surface area contributed by atoms with Gasteiger partial charge in [0.1, 0.15) is 0 Å². The van der Waals surface area contributed by atoms with Crippen LogP contribution in [0.5, 0.6) is 0 Å². The first-order chi connectivity index (χ1) is 6.54. The quantitative estimate of drug-likeness (QED) is 0.435. The second kappa shape index (κ2) is 4.55. The van der Waals surface area contributed by atoms with Crippen LogP contribution in [-0.2, 0) is 0 Å². The Kier molecular flexibility index (Phi) is 3.86. The van der Waals surface area contributed by atoms with Gasteiger partial charge >= 0.3 is 0 Å². The summed E-state index contributed by atoms with van der Waals surface area (Å²) in [7, 11) is 4.91. The molecule has 1 heteroatoms. The molecule has 0 amide bonds. The lowest BCUT2D eigenvalue weighted by atomic mass is 9.46. The smallest absolute Gasteiger partial charge is 0.0708 e. The largest absolute Gasteiger partial charge is 0.104 e. The van der Waals surface area contributed by atoms with E-state index >= 15 is 0 Å². The SMILES string of the molecule is CC1CCC2CC1C2(C)C.[B]CC=C. The van der Waals surface area contributed by atoms with Gasteiger partial charge in [-0.2, -0.15) is 0 Å². The van der Waals surface area contributed by atoms with Gasteiger partial charge in [-0.25, -0.2) is 0 Å². The first-order valence-electron chi connectivity index (χ1n) is 5.85. The van der Waals surface area contributed by atoms with E-state index in [1.54, 1.807) is 6.08 Å². The molecule has 0 nitrogen and oxygen atoms in total. The summed E-state index contributed by atoms with van der Waals surface area (Å²) in [6.07, 6.45) is 6.78. The molecule has 0 aliphatic heterocycles. The summed E-state index contributed by atoms with van der Waals surface area (Å²) in [5, 5.41) is 0. The first kappa shape index (κ1) is 11.9. The summed E-state index contributed by atoms with van der Waals surface area (Å²) in [4.78, 5) is 0. The highest BCUT2D eigenvalue weighted by Crippen LogP contribution is 2.61. The van der Waals surface area contributed by atoms with Crippen molar-refractivity contribution in [3.63, 3.8) is 0 Å². The van der Waals surface area contributed by atoms with Crippen molar-refractivity contribution in [3.8, 4) is 0 Å². The summed E-state index contributed by atoms with van der Waals surface area (Å²) >= 11 is 0. The van der Waals surface area contributed by atoms with E-state index in [1.165, 1.54) is 19.3 Å². The minimum absolute atomic E-state index is 0.583. The summed E-state index contributed by atoms with van der Waals surface area (Å²) in [6.45, 7) is 10.7. The molecule has 78 valence electrons. The van der Waals surface area contributed by atoms with Crippen molar-refractivity contribution < 1.29 is 0 Å². The van der Waals surface area contributed by atoms with E-state index in [9.17, 15) is 0 Å². The normalized spacial score (nSPS) is 37.5. The van der Waals surface area contributed by atoms with E-state index in [2.05, 4.69) is 27.4 Å². The molecule has 3 aliphatic carbocycles. The van der Waals surface area contributed by atoms with Crippen molar-refractivity contribution in [2.45, 2.75) is 46.4 Å². The lowest BCUT2D eigenvalue weighted by molar-refractivity contribution is -0.0988. The van der Waals surface area contributed by atoms with Gasteiger partial charge in [-0.05, 0) is 36.0 Å². The van der Waals surface area contributed by atoms with Gasteiger partial charge in [-0.1, -0.05) is 33.5 Å². The number of hydrogen-bond donors (Lipinski definition) is 0. The fraction of sp³-hybridized carbons (Fsp3) is 0.846. The van der Waals surface area contributed by atoms with Crippen molar-refractivity contribution >= 4 is 7.85 Å². The van der Waals surface area contributed by atoms with Crippen LogP contribution in [0.4, 0.5) is 0 Å². The monoisotopic (exact) mass is 190 g/mol. The highest BCUT2D eigenvalue weighted by Gasteiger charge is 2.52. The van der Waals surface area contributed by atoms with Gasteiger partial charge in [-0.15, -0.1) is 12.7 Å².